The maximum Gasteiger partial charge on any atom is 0.219 e. The molecule has 0 aliphatic carbocycles. The van der Waals surface area contributed by atoms with Crippen molar-refractivity contribution in [1.29, 1.82) is 0 Å². The van der Waals surface area contributed by atoms with Gasteiger partial charge in [0.15, 0.2) is 0 Å². The highest BCUT2D eigenvalue weighted by atomic mass is 16.2. The molecule has 2 nitrogen and oxygen atoms in total. The lowest BCUT2D eigenvalue weighted by atomic mass is 10.2. The van der Waals surface area contributed by atoms with E-state index in [4.69, 9.17) is 0 Å². The zero-order chi connectivity index (χ0) is 11.0. The summed E-state index contributed by atoms with van der Waals surface area (Å²) in [5.41, 5.74) is 1.16. The Kier molecular flexibility index (Phi) is 6.46. The van der Waals surface area contributed by atoms with Crippen LogP contribution >= 0.6 is 0 Å². The van der Waals surface area contributed by atoms with Crippen molar-refractivity contribution in [3.63, 3.8) is 0 Å². The highest BCUT2D eigenvalue weighted by Crippen LogP contribution is 2.01. The van der Waals surface area contributed by atoms with Crippen molar-refractivity contribution in [2.24, 2.45) is 0 Å². The maximum absolute atomic E-state index is 10.9. The molecule has 0 spiro atoms. The first-order valence-electron chi connectivity index (χ1n) is 4.96. The smallest absolute Gasteiger partial charge is 0.219 e. The largest absolute Gasteiger partial charge is 0.342 e. The minimum Gasteiger partial charge on any atom is -0.342 e. The van der Waals surface area contributed by atoms with Crippen LogP contribution in [0.15, 0.2) is 30.3 Å². The van der Waals surface area contributed by atoms with Crippen molar-refractivity contribution < 1.29 is 4.79 Å². The second-order valence-corrected chi connectivity index (χ2v) is 2.86. The molecule has 0 aliphatic rings. The fourth-order valence-corrected chi connectivity index (χ4v) is 0.969. The highest BCUT2D eigenvalue weighted by molar-refractivity contribution is 5.72. The van der Waals surface area contributed by atoms with E-state index >= 15 is 0 Å². The van der Waals surface area contributed by atoms with E-state index in [1.165, 1.54) is 0 Å². The normalized spacial score (nSPS) is 8.57. The summed E-state index contributed by atoms with van der Waals surface area (Å²) in [6, 6.07) is 9.95. The summed E-state index contributed by atoms with van der Waals surface area (Å²) in [6.45, 7) is 6.26. The Labute approximate surface area is 86.5 Å². The molecule has 0 bridgehead atoms. The molecule has 0 aromatic heterocycles. The van der Waals surface area contributed by atoms with Gasteiger partial charge >= 0.3 is 0 Å². The average Bonchev–Trinajstić information content (AvgIpc) is 2.22. The average molecular weight is 193 g/mol. The summed E-state index contributed by atoms with van der Waals surface area (Å²) >= 11 is 0. The Morgan fingerprint density at radius 1 is 1.21 bits per heavy atom. The lowest BCUT2D eigenvalue weighted by Crippen LogP contribution is -2.22. The molecule has 0 fully saturated rings. The van der Waals surface area contributed by atoms with E-state index in [-0.39, 0.29) is 5.91 Å². The van der Waals surface area contributed by atoms with Gasteiger partial charge in [0.1, 0.15) is 0 Å². The quantitative estimate of drug-likeness (QED) is 0.707. The van der Waals surface area contributed by atoms with Crippen LogP contribution in [0.2, 0.25) is 0 Å². The fraction of sp³-hybridized carbons (Fsp3) is 0.417. The molecule has 0 aliphatic heterocycles. The van der Waals surface area contributed by atoms with Crippen molar-refractivity contribution in [1.82, 2.24) is 4.90 Å². The minimum absolute atomic E-state index is 0.0962. The van der Waals surface area contributed by atoms with Gasteiger partial charge in [0, 0.05) is 20.5 Å². The summed E-state index contributed by atoms with van der Waals surface area (Å²) in [5, 5.41) is 0. The van der Waals surface area contributed by atoms with E-state index in [1.54, 1.807) is 18.9 Å². The third-order valence-electron chi connectivity index (χ3n) is 1.80. The van der Waals surface area contributed by atoms with Crippen LogP contribution in [0.5, 0.6) is 0 Å². The van der Waals surface area contributed by atoms with Gasteiger partial charge in [-0.15, -0.1) is 0 Å². The van der Waals surface area contributed by atoms with Crippen molar-refractivity contribution in [3.05, 3.63) is 35.9 Å². The van der Waals surface area contributed by atoms with Crippen LogP contribution in [-0.2, 0) is 11.3 Å². The number of hydrogen-bond donors (Lipinski definition) is 0. The third-order valence-corrected chi connectivity index (χ3v) is 1.80. The predicted octanol–water partition coefficient (Wildman–Crippen LogP) is 2.69. The van der Waals surface area contributed by atoms with Gasteiger partial charge in [-0.25, -0.2) is 0 Å². The van der Waals surface area contributed by atoms with Gasteiger partial charge < -0.3 is 4.90 Å². The van der Waals surface area contributed by atoms with Crippen molar-refractivity contribution in [2.75, 3.05) is 7.05 Å². The van der Waals surface area contributed by atoms with E-state index in [2.05, 4.69) is 0 Å². The van der Waals surface area contributed by atoms with Crippen molar-refractivity contribution >= 4 is 5.91 Å². The fourth-order valence-electron chi connectivity index (χ4n) is 0.969. The lowest BCUT2D eigenvalue weighted by Gasteiger charge is -2.14. The molecule has 1 aromatic carbocycles. The molecule has 0 radical (unpaired) electrons. The molecule has 1 amide bonds. The van der Waals surface area contributed by atoms with Gasteiger partial charge in [0.2, 0.25) is 5.91 Å². The van der Waals surface area contributed by atoms with Crippen LogP contribution in [0.1, 0.15) is 26.3 Å². The second-order valence-electron chi connectivity index (χ2n) is 2.86. The molecule has 0 atom stereocenters. The Morgan fingerprint density at radius 2 is 1.71 bits per heavy atom. The number of nitrogens with zero attached hydrogens (tertiary/aromatic N) is 1. The SMILES string of the molecule is CC.CC(=O)N(C)Cc1ccccc1. The van der Waals surface area contributed by atoms with E-state index in [0.29, 0.717) is 6.54 Å². The first kappa shape index (κ1) is 12.7. The van der Waals surface area contributed by atoms with E-state index in [9.17, 15) is 4.79 Å². The second kappa shape index (κ2) is 7.13. The summed E-state index contributed by atoms with van der Waals surface area (Å²) in [6.07, 6.45) is 0. The van der Waals surface area contributed by atoms with Crippen LogP contribution in [-0.4, -0.2) is 17.9 Å². The Morgan fingerprint density at radius 3 is 2.14 bits per heavy atom. The molecule has 0 heterocycles. The van der Waals surface area contributed by atoms with Gasteiger partial charge in [-0.3, -0.25) is 4.79 Å². The molecular formula is C12H19NO. The van der Waals surface area contributed by atoms with Gasteiger partial charge in [0.05, 0.1) is 0 Å². The monoisotopic (exact) mass is 193 g/mol. The van der Waals surface area contributed by atoms with Gasteiger partial charge in [0.25, 0.3) is 0 Å². The Hall–Kier alpha value is -1.31. The number of carbonyl (C=O) groups is 1. The van der Waals surface area contributed by atoms with Crippen LogP contribution in [0.3, 0.4) is 0 Å². The number of amides is 1. The predicted molar refractivity (Wildman–Crippen MR) is 59.9 cm³/mol. The molecule has 0 unspecified atom stereocenters. The summed E-state index contributed by atoms with van der Waals surface area (Å²) < 4.78 is 0. The first-order valence-corrected chi connectivity index (χ1v) is 4.96. The molecule has 0 saturated carbocycles. The summed E-state index contributed by atoms with van der Waals surface area (Å²) in [7, 11) is 1.80. The molecule has 2 heteroatoms. The third kappa shape index (κ3) is 4.65. The molecule has 14 heavy (non-hydrogen) atoms. The van der Waals surface area contributed by atoms with E-state index in [1.807, 2.05) is 44.2 Å². The van der Waals surface area contributed by atoms with Crippen LogP contribution in [0, 0.1) is 0 Å². The molecule has 1 aromatic rings. The molecule has 78 valence electrons. The number of rotatable bonds is 2. The Balaban J connectivity index is 0.000000791. The number of carbonyl (C=O) groups excluding carboxylic acids is 1. The standard InChI is InChI=1S/C10H13NO.C2H6/c1-9(12)11(2)8-10-6-4-3-5-7-10;1-2/h3-7H,8H2,1-2H3;1-2H3. The summed E-state index contributed by atoms with van der Waals surface area (Å²) in [5.74, 6) is 0.0962. The van der Waals surface area contributed by atoms with Gasteiger partial charge in [-0.05, 0) is 5.56 Å². The Bertz CT molecular complexity index is 256. The number of benzene rings is 1. The zero-order valence-electron chi connectivity index (χ0n) is 9.45. The van der Waals surface area contributed by atoms with Crippen LogP contribution in [0.4, 0.5) is 0 Å². The van der Waals surface area contributed by atoms with E-state index in [0.717, 1.165) is 5.56 Å². The van der Waals surface area contributed by atoms with Crippen molar-refractivity contribution in [2.45, 2.75) is 27.3 Å². The van der Waals surface area contributed by atoms with Crippen molar-refractivity contribution in [3.8, 4) is 0 Å². The van der Waals surface area contributed by atoms with Crippen LogP contribution < -0.4 is 0 Å². The molecule has 0 saturated heterocycles. The molecule has 0 N–H and O–H groups in total. The topological polar surface area (TPSA) is 20.3 Å². The van der Waals surface area contributed by atoms with E-state index < -0.39 is 0 Å². The molecular weight excluding hydrogens is 174 g/mol. The lowest BCUT2D eigenvalue weighted by molar-refractivity contribution is -0.128. The summed E-state index contributed by atoms with van der Waals surface area (Å²) in [4.78, 5) is 12.6. The minimum atomic E-state index is 0.0962. The maximum atomic E-state index is 10.9. The van der Waals surface area contributed by atoms with Gasteiger partial charge in [-0.1, -0.05) is 44.2 Å². The highest BCUT2D eigenvalue weighted by Gasteiger charge is 2.01. The molecule has 1 rings (SSSR count). The van der Waals surface area contributed by atoms with Crippen LogP contribution in [0.25, 0.3) is 0 Å². The van der Waals surface area contributed by atoms with Gasteiger partial charge in [-0.2, -0.15) is 0 Å². The number of hydrogen-bond acceptors (Lipinski definition) is 1. The first-order chi connectivity index (χ1) is 6.70. The zero-order valence-corrected chi connectivity index (χ0v) is 9.45.